The van der Waals surface area contributed by atoms with Gasteiger partial charge in [-0.3, -0.25) is 4.79 Å². The van der Waals surface area contributed by atoms with Crippen LogP contribution in [0.4, 0.5) is 5.82 Å². The maximum Gasteiger partial charge on any atom is 0.293 e. The highest BCUT2D eigenvalue weighted by atomic mass is 16.3. The Bertz CT molecular complexity index is 462. The second-order valence-corrected chi connectivity index (χ2v) is 5.89. The zero-order chi connectivity index (χ0) is 14.7. The van der Waals surface area contributed by atoms with Gasteiger partial charge in [0, 0.05) is 17.9 Å². The fraction of sp³-hybridized carbons (Fsp3) is 0.714. The zero-order valence-electron chi connectivity index (χ0n) is 12.5. The van der Waals surface area contributed by atoms with Gasteiger partial charge < -0.3 is 15.0 Å². The molecule has 0 bridgehead atoms. The number of nitrogens with one attached hydrogen (secondary N) is 1. The predicted octanol–water partition coefficient (Wildman–Crippen LogP) is 1.96. The van der Waals surface area contributed by atoms with E-state index in [4.69, 9.17) is 0 Å². The van der Waals surface area contributed by atoms with Crippen LogP contribution < -0.4 is 10.9 Å². The van der Waals surface area contributed by atoms with E-state index in [1.165, 1.54) is 0 Å². The number of anilines is 1. The Morgan fingerprint density at radius 1 is 1.32 bits per heavy atom. The standard InChI is InChI=1S/C14H25N3O2/c1-6-14(7-2,10-18)16-11-12(19)17(9-8-15-11)13(3,4)5/h8-9,18H,6-7,10H2,1-5H3,(H,15,16). The highest BCUT2D eigenvalue weighted by Gasteiger charge is 2.27. The monoisotopic (exact) mass is 267 g/mol. The molecule has 0 aliphatic rings. The molecule has 2 N–H and O–H groups in total. The molecule has 0 amide bonds. The van der Waals surface area contributed by atoms with E-state index in [-0.39, 0.29) is 17.7 Å². The first-order valence-electron chi connectivity index (χ1n) is 6.77. The van der Waals surface area contributed by atoms with E-state index in [0.29, 0.717) is 5.82 Å². The van der Waals surface area contributed by atoms with E-state index in [0.717, 1.165) is 12.8 Å². The molecular formula is C14H25N3O2. The number of nitrogens with zero attached hydrogens (tertiary/aromatic N) is 2. The van der Waals surface area contributed by atoms with Crippen molar-refractivity contribution in [3.05, 3.63) is 22.7 Å². The van der Waals surface area contributed by atoms with Gasteiger partial charge in [0.2, 0.25) is 0 Å². The first-order chi connectivity index (χ1) is 8.79. The fourth-order valence-electron chi connectivity index (χ4n) is 1.97. The van der Waals surface area contributed by atoms with Gasteiger partial charge in [0.25, 0.3) is 5.56 Å². The summed E-state index contributed by atoms with van der Waals surface area (Å²) in [6, 6.07) is 0. The van der Waals surface area contributed by atoms with Crippen molar-refractivity contribution in [2.24, 2.45) is 0 Å². The van der Waals surface area contributed by atoms with Gasteiger partial charge in [-0.15, -0.1) is 0 Å². The summed E-state index contributed by atoms with van der Waals surface area (Å²) in [7, 11) is 0. The van der Waals surface area contributed by atoms with Crippen molar-refractivity contribution >= 4 is 5.82 Å². The molecule has 0 saturated heterocycles. The molecule has 108 valence electrons. The molecule has 1 rings (SSSR count). The minimum Gasteiger partial charge on any atom is -0.394 e. The summed E-state index contributed by atoms with van der Waals surface area (Å²) >= 11 is 0. The lowest BCUT2D eigenvalue weighted by Crippen LogP contribution is -2.44. The van der Waals surface area contributed by atoms with Crippen molar-refractivity contribution in [3.63, 3.8) is 0 Å². The molecule has 0 unspecified atom stereocenters. The van der Waals surface area contributed by atoms with Gasteiger partial charge in [0.15, 0.2) is 5.82 Å². The van der Waals surface area contributed by atoms with E-state index < -0.39 is 5.54 Å². The third kappa shape index (κ3) is 3.35. The van der Waals surface area contributed by atoms with E-state index in [1.807, 2.05) is 34.6 Å². The zero-order valence-corrected chi connectivity index (χ0v) is 12.5. The van der Waals surface area contributed by atoms with Crippen molar-refractivity contribution in [2.75, 3.05) is 11.9 Å². The minimum atomic E-state index is -0.483. The normalized spacial score (nSPS) is 12.5. The molecule has 1 aromatic heterocycles. The van der Waals surface area contributed by atoms with Crippen LogP contribution in [-0.4, -0.2) is 26.8 Å². The third-order valence-electron chi connectivity index (χ3n) is 3.60. The molecule has 1 heterocycles. The average Bonchev–Trinajstić information content (AvgIpc) is 2.37. The summed E-state index contributed by atoms with van der Waals surface area (Å²) in [4.78, 5) is 16.5. The third-order valence-corrected chi connectivity index (χ3v) is 3.60. The maximum absolute atomic E-state index is 12.4. The molecule has 0 aliphatic heterocycles. The van der Waals surface area contributed by atoms with Crippen molar-refractivity contribution in [1.82, 2.24) is 9.55 Å². The van der Waals surface area contributed by atoms with Crippen LogP contribution in [0.25, 0.3) is 0 Å². The van der Waals surface area contributed by atoms with Crippen molar-refractivity contribution in [3.8, 4) is 0 Å². The Morgan fingerprint density at radius 3 is 2.32 bits per heavy atom. The Kier molecular flexibility index (Phi) is 4.74. The van der Waals surface area contributed by atoms with Crippen LogP contribution in [-0.2, 0) is 5.54 Å². The Hall–Kier alpha value is -1.36. The van der Waals surface area contributed by atoms with Gasteiger partial charge >= 0.3 is 0 Å². The smallest absolute Gasteiger partial charge is 0.293 e. The van der Waals surface area contributed by atoms with Crippen LogP contribution >= 0.6 is 0 Å². The maximum atomic E-state index is 12.4. The average molecular weight is 267 g/mol. The van der Waals surface area contributed by atoms with Gasteiger partial charge in [-0.1, -0.05) is 13.8 Å². The van der Waals surface area contributed by atoms with Crippen LogP contribution in [0, 0.1) is 0 Å². The second kappa shape index (κ2) is 5.74. The van der Waals surface area contributed by atoms with Crippen molar-refractivity contribution in [1.29, 1.82) is 0 Å². The van der Waals surface area contributed by atoms with Crippen LogP contribution in [0.15, 0.2) is 17.2 Å². The molecule has 0 aliphatic carbocycles. The molecule has 0 radical (unpaired) electrons. The summed E-state index contributed by atoms with van der Waals surface area (Å²) in [5.74, 6) is 0.301. The lowest BCUT2D eigenvalue weighted by Gasteiger charge is -2.31. The molecule has 0 atom stereocenters. The number of rotatable bonds is 5. The van der Waals surface area contributed by atoms with Crippen molar-refractivity contribution < 1.29 is 5.11 Å². The largest absolute Gasteiger partial charge is 0.394 e. The van der Waals surface area contributed by atoms with Gasteiger partial charge in [-0.05, 0) is 33.6 Å². The van der Waals surface area contributed by atoms with Gasteiger partial charge in [-0.2, -0.15) is 0 Å². The van der Waals surface area contributed by atoms with E-state index >= 15 is 0 Å². The number of hydrogen-bond donors (Lipinski definition) is 2. The molecule has 1 aromatic rings. The number of hydrogen-bond acceptors (Lipinski definition) is 4. The molecule has 5 nitrogen and oxygen atoms in total. The van der Waals surface area contributed by atoms with E-state index in [1.54, 1.807) is 17.0 Å². The molecule has 0 aromatic carbocycles. The number of aromatic nitrogens is 2. The van der Waals surface area contributed by atoms with Crippen molar-refractivity contribution in [2.45, 2.75) is 58.5 Å². The highest BCUT2D eigenvalue weighted by molar-refractivity contribution is 5.35. The summed E-state index contributed by atoms with van der Waals surface area (Å²) in [5, 5.41) is 12.7. The molecule has 19 heavy (non-hydrogen) atoms. The predicted molar refractivity (Wildman–Crippen MR) is 77.5 cm³/mol. The van der Waals surface area contributed by atoms with Crippen LogP contribution in [0.2, 0.25) is 0 Å². The molecule has 0 fully saturated rings. The summed E-state index contributed by atoms with van der Waals surface area (Å²) in [6.07, 6.45) is 4.76. The second-order valence-electron chi connectivity index (χ2n) is 5.89. The Balaban J connectivity index is 3.20. The molecule has 0 spiro atoms. The number of aliphatic hydroxyl groups excluding tert-OH is 1. The Labute approximate surface area is 114 Å². The molecular weight excluding hydrogens is 242 g/mol. The quantitative estimate of drug-likeness (QED) is 0.856. The first-order valence-corrected chi connectivity index (χ1v) is 6.77. The van der Waals surface area contributed by atoms with Gasteiger partial charge in [0.1, 0.15) is 0 Å². The van der Waals surface area contributed by atoms with Crippen LogP contribution in [0.3, 0.4) is 0 Å². The lowest BCUT2D eigenvalue weighted by atomic mass is 9.94. The van der Waals surface area contributed by atoms with E-state index in [9.17, 15) is 9.90 Å². The molecule has 5 heteroatoms. The molecule has 0 saturated carbocycles. The summed E-state index contributed by atoms with van der Waals surface area (Å²) in [6.45, 7) is 9.85. The van der Waals surface area contributed by atoms with Crippen LogP contribution in [0.5, 0.6) is 0 Å². The summed E-state index contributed by atoms with van der Waals surface area (Å²) in [5.41, 5.74) is -0.935. The Morgan fingerprint density at radius 2 is 1.89 bits per heavy atom. The van der Waals surface area contributed by atoms with E-state index in [2.05, 4.69) is 10.3 Å². The first kappa shape index (κ1) is 15.7. The minimum absolute atomic E-state index is 0.0223. The SMILES string of the molecule is CCC(CC)(CO)Nc1nccn(C(C)(C)C)c1=O. The summed E-state index contributed by atoms with van der Waals surface area (Å²) < 4.78 is 1.65. The fourth-order valence-corrected chi connectivity index (χ4v) is 1.97. The van der Waals surface area contributed by atoms with Gasteiger partial charge in [-0.25, -0.2) is 4.98 Å². The topological polar surface area (TPSA) is 67.2 Å². The van der Waals surface area contributed by atoms with Crippen LogP contribution in [0.1, 0.15) is 47.5 Å². The highest BCUT2D eigenvalue weighted by Crippen LogP contribution is 2.19. The number of aliphatic hydroxyl groups is 1. The van der Waals surface area contributed by atoms with Gasteiger partial charge in [0.05, 0.1) is 12.1 Å². The lowest BCUT2D eigenvalue weighted by molar-refractivity contribution is 0.202.